The van der Waals surface area contributed by atoms with Gasteiger partial charge in [-0.05, 0) is 56.3 Å². The lowest BCUT2D eigenvalue weighted by Crippen LogP contribution is -2.33. The van der Waals surface area contributed by atoms with Gasteiger partial charge in [-0.1, -0.05) is 30.0 Å². The van der Waals surface area contributed by atoms with Crippen molar-refractivity contribution in [3.63, 3.8) is 0 Å². The minimum Gasteiger partial charge on any atom is -0.361 e. The summed E-state index contributed by atoms with van der Waals surface area (Å²) in [5, 5.41) is 6.94. The first-order valence-electron chi connectivity index (χ1n) is 10.6. The van der Waals surface area contributed by atoms with Crippen LogP contribution < -0.4 is 10.6 Å². The van der Waals surface area contributed by atoms with Crippen LogP contribution in [0.5, 0.6) is 0 Å². The molecule has 0 unspecified atom stereocenters. The van der Waals surface area contributed by atoms with Crippen LogP contribution in [0, 0.1) is 0 Å². The van der Waals surface area contributed by atoms with Crippen LogP contribution in [-0.2, 0) is 4.79 Å². The molecule has 1 fully saturated rings. The van der Waals surface area contributed by atoms with Crippen molar-refractivity contribution in [3.8, 4) is 0 Å². The van der Waals surface area contributed by atoms with Gasteiger partial charge in [0.1, 0.15) is 0 Å². The second kappa shape index (κ2) is 8.61. The zero-order chi connectivity index (χ0) is 21.2. The molecule has 7 heteroatoms. The Hall–Kier alpha value is -3.03. The van der Waals surface area contributed by atoms with Crippen LogP contribution in [0.1, 0.15) is 28.8 Å². The van der Waals surface area contributed by atoms with Crippen LogP contribution in [-0.4, -0.2) is 47.9 Å². The van der Waals surface area contributed by atoms with Gasteiger partial charge in [-0.25, -0.2) is 0 Å². The molecule has 0 bridgehead atoms. The number of thioether (sulfide) groups is 1. The van der Waals surface area contributed by atoms with Gasteiger partial charge in [0.25, 0.3) is 11.8 Å². The van der Waals surface area contributed by atoms with Crippen molar-refractivity contribution in [2.24, 2.45) is 0 Å². The molecule has 0 spiro atoms. The number of carbonyl (C=O) groups excluding carboxylic acids is 2. The number of nitrogens with one attached hydrogen (secondary N) is 3. The molecule has 2 aliphatic rings. The van der Waals surface area contributed by atoms with E-state index in [4.69, 9.17) is 0 Å². The first-order valence-corrected chi connectivity index (χ1v) is 11.4. The average molecular weight is 433 g/mol. The van der Waals surface area contributed by atoms with Crippen LogP contribution in [0.15, 0.2) is 58.5 Å². The number of likely N-dealkylation sites (tertiary alicyclic amines) is 1. The molecule has 0 aliphatic carbocycles. The molecule has 6 nitrogen and oxygen atoms in total. The standard InChI is InChI=1S/C24H24N4O2S/c29-23(25-9-12-28-10-3-4-11-28)16-7-8-18-17(15-26-20(18)13-16)14-22-24(30)27-19-5-1-2-6-21(19)31-22/h1-2,5-8,13-15,26H,3-4,9-12H2,(H,25,29)(H,27,30). The first-order chi connectivity index (χ1) is 15.2. The number of hydrogen-bond donors (Lipinski definition) is 3. The number of benzene rings is 2. The van der Waals surface area contributed by atoms with Gasteiger partial charge >= 0.3 is 0 Å². The lowest BCUT2D eigenvalue weighted by atomic mass is 10.1. The summed E-state index contributed by atoms with van der Waals surface area (Å²) in [6.07, 6.45) is 6.27. The Morgan fingerprint density at radius 3 is 2.87 bits per heavy atom. The third-order valence-electron chi connectivity index (χ3n) is 5.75. The Kier molecular flexibility index (Phi) is 5.53. The number of carbonyl (C=O) groups is 2. The summed E-state index contributed by atoms with van der Waals surface area (Å²) in [7, 11) is 0. The molecule has 3 heterocycles. The zero-order valence-electron chi connectivity index (χ0n) is 17.1. The third kappa shape index (κ3) is 4.24. The van der Waals surface area contributed by atoms with E-state index < -0.39 is 0 Å². The van der Waals surface area contributed by atoms with E-state index >= 15 is 0 Å². The van der Waals surface area contributed by atoms with Crippen molar-refractivity contribution < 1.29 is 9.59 Å². The van der Waals surface area contributed by atoms with Crippen LogP contribution in [0.2, 0.25) is 0 Å². The number of para-hydroxylation sites is 1. The van der Waals surface area contributed by atoms with Gasteiger partial charge in [0, 0.05) is 46.2 Å². The van der Waals surface area contributed by atoms with Gasteiger partial charge in [-0.2, -0.15) is 0 Å². The number of aromatic nitrogens is 1. The van der Waals surface area contributed by atoms with E-state index in [1.165, 1.54) is 24.6 Å². The number of aromatic amines is 1. The minimum atomic E-state index is -0.105. The fraction of sp³-hybridized carbons (Fsp3) is 0.250. The number of amides is 2. The number of rotatable bonds is 5. The maximum atomic E-state index is 12.5. The van der Waals surface area contributed by atoms with Crippen LogP contribution in [0.3, 0.4) is 0 Å². The van der Waals surface area contributed by atoms with Gasteiger partial charge in [-0.3, -0.25) is 9.59 Å². The topological polar surface area (TPSA) is 77.2 Å². The van der Waals surface area contributed by atoms with E-state index in [1.54, 1.807) is 0 Å². The Morgan fingerprint density at radius 1 is 1.16 bits per heavy atom. The molecule has 5 rings (SSSR count). The number of H-pyrrole nitrogens is 1. The summed E-state index contributed by atoms with van der Waals surface area (Å²) in [5.41, 5.74) is 3.27. The highest BCUT2D eigenvalue weighted by atomic mass is 32.2. The highest BCUT2D eigenvalue weighted by molar-refractivity contribution is 8.04. The Balaban J connectivity index is 1.31. The first kappa shape index (κ1) is 19.9. The molecular weight excluding hydrogens is 408 g/mol. The average Bonchev–Trinajstić information content (AvgIpc) is 3.44. The molecule has 1 saturated heterocycles. The molecule has 0 saturated carbocycles. The third-order valence-corrected chi connectivity index (χ3v) is 6.85. The van der Waals surface area contributed by atoms with E-state index in [2.05, 4.69) is 20.5 Å². The largest absolute Gasteiger partial charge is 0.361 e. The second-order valence-electron chi connectivity index (χ2n) is 7.87. The van der Waals surface area contributed by atoms with E-state index in [0.29, 0.717) is 17.0 Å². The molecule has 3 N–H and O–H groups in total. The normalized spacial score (nSPS) is 17.7. The van der Waals surface area contributed by atoms with Crippen molar-refractivity contribution in [2.75, 3.05) is 31.5 Å². The van der Waals surface area contributed by atoms with Crippen molar-refractivity contribution in [1.82, 2.24) is 15.2 Å². The lowest BCUT2D eigenvalue weighted by molar-refractivity contribution is -0.112. The van der Waals surface area contributed by atoms with E-state index in [1.807, 2.05) is 54.7 Å². The van der Waals surface area contributed by atoms with Gasteiger partial charge in [-0.15, -0.1) is 0 Å². The monoisotopic (exact) mass is 432 g/mol. The van der Waals surface area contributed by atoms with Gasteiger partial charge in [0.05, 0.1) is 10.6 Å². The molecular formula is C24H24N4O2S. The summed E-state index contributed by atoms with van der Waals surface area (Å²) >= 11 is 1.47. The van der Waals surface area contributed by atoms with E-state index in [-0.39, 0.29) is 11.8 Å². The predicted octanol–water partition coefficient (Wildman–Crippen LogP) is 4.08. The molecule has 2 amide bonds. The summed E-state index contributed by atoms with van der Waals surface area (Å²) in [5.74, 6) is -0.165. The van der Waals surface area contributed by atoms with Crippen LogP contribution in [0.4, 0.5) is 5.69 Å². The van der Waals surface area contributed by atoms with Crippen molar-refractivity contribution in [1.29, 1.82) is 0 Å². The number of hydrogen-bond acceptors (Lipinski definition) is 4. The number of fused-ring (bicyclic) bond motifs is 2. The Labute approximate surface area is 185 Å². The smallest absolute Gasteiger partial charge is 0.262 e. The summed E-state index contributed by atoms with van der Waals surface area (Å²) in [6, 6.07) is 13.4. The summed E-state index contributed by atoms with van der Waals surface area (Å²) < 4.78 is 0. The van der Waals surface area contributed by atoms with Crippen molar-refractivity contribution >= 4 is 46.2 Å². The molecule has 1 aromatic heterocycles. The van der Waals surface area contributed by atoms with Gasteiger partial charge < -0.3 is 20.5 Å². The molecule has 0 radical (unpaired) electrons. The molecule has 2 aliphatic heterocycles. The Morgan fingerprint density at radius 2 is 2.00 bits per heavy atom. The van der Waals surface area contributed by atoms with Crippen LogP contribution >= 0.6 is 11.8 Å². The molecule has 2 aromatic carbocycles. The van der Waals surface area contributed by atoms with Crippen molar-refractivity contribution in [3.05, 3.63) is 64.7 Å². The summed E-state index contributed by atoms with van der Waals surface area (Å²) in [6.45, 7) is 3.82. The van der Waals surface area contributed by atoms with Crippen molar-refractivity contribution in [2.45, 2.75) is 17.7 Å². The van der Waals surface area contributed by atoms with E-state index in [0.717, 1.165) is 46.7 Å². The maximum absolute atomic E-state index is 12.5. The maximum Gasteiger partial charge on any atom is 0.262 e. The molecule has 0 atom stereocenters. The molecule has 158 valence electrons. The van der Waals surface area contributed by atoms with E-state index in [9.17, 15) is 9.59 Å². The fourth-order valence-corrected chi connectivity index (χ4v) is 5.03. The number of anilines is 1. The second-order valence-corrected chi connectivity index (χ2v) is 8.95. The van der Waals surface area contributed by atoms with Crippen LogP contribution in [0.25, 0.3) is 17.0 Å². The molecule has 3 aromatic rings. The Bertz CT molecular complexity index is 1180. The molecule has 31 heavy (non-hydrogen) atoms. The predicted molar refractivity (Wildman–Crippen MR) is 125 cm³/mol. The highest BCUT2D eigenvalue weighted by Gasteiger charge is 2.21. The zero-order valence-corrected chi connectivity index (χ0v) is 17.9. The SMILES string of the molecule is O=C1Nc2ccccc2SC1=Cc1c[nH]c2cc(C(=O)NCCN3CCCC3)ccc12. The highest BCUT2D eigenvalue weighted by Crippen LogP contribution is 2.39. The fourth-order valence-electron chi connectivity index (χ4n) is 4.09. The van der Waals surface area contributed by atoms with Gasteiger partial charge in [0.2, 0.25) is 0 Å². The minimum absolute atomic E-state index is 0.0607. The lowest BCUT2D eigenvalue weighted by Gasteiger charge is -2.18. The summed E-state index contributed by atoms with van der Waals surface area (Å²) in [4.78, 5) is 32.3. The quantitative estimate of drug-likeness (QED) is 0.531. The number of nitrogens with zero attached hydrogens (tertiary/aromatic N) is 1. The van der Waals surface area contributed by atoms with Gasteiger partial charge in [0.15, 0.2) is 0 Å².